The van der Waals surface area contributed by atoms with Crippen molar-refractivity contribution in [1.82, 2.24) is 5.32 Å². The molecule has 0 radical (unpaired) electrons. The Morgan fingerprint density at radius 1 is 1.17 bits per heavy atom. The third-order valence-electron chi connectivity index (χ3n) is 4.02. The maximum Gasteiger partial charge on any atom is 0.241 e. The molecule has 1 atom stereocenters. The van der Waals surface area contributed by atoms with E-state index in [2.05, 4.69) is 5.32 Å². The molecule has 1 aliphatic rings. The number of nitrogens with two attached hydrogens (primary N) is 1. The molecular weight excluding hydrogens is 380 g/mol. The highest BCUT2D eigenvalue weighted by atomic mass is 79.9. The van der Waals surface area contributed by atoms with Gasteiger partial charge in [0.05, 0.1) is 0 Å². The van der Waals surface area contributed by atoms with Gasteiger partial charge in [-0.1, -0.05) is 30.3 Å². The summed E-state index contributed by atoms with van der Waals surface area (Å²) in [7, 11) is -3.95. The van der Waals surface area contributed by atoms with Gasteiger partial charge in [0.1, 0.15) is 10.6 Å². The number of phenols is 1. The van der Waals surface area contributed by atoms with E-state index in [0.29, 0.717) is 6.54 Å². The molecule has 0 saturated carbocycles. The van der Waals surface area contributed by atoms with Crippen molar-refractivity contribution in [1.29, 1.82) is 0 Å². The average molecular weight is 399 g/mol. The highest BCUT2D eigenvalue weighted by Crippen LogP contribution is 2.34. The Labute approximate surface area is 146 Å². The molecule has 23 heavy (non-hydrogen) atoms. The molecular formula is C16H19BrN2O3S. The van der Waals surface area contributed by atoms with Crippen molar-refractivity contribution < 1.29 is 13.5 Å². The molecule has 0 saturated heterocycles. The SMILES string of the molecule is Br.NS(=O)(=O)c1cc2c(cc1O)CCNCC2c1ccccc1. The van der Waals surface area contributed by atoms with Crippen LogP contribution in [0.1, 0.15) is 22.6 Å². The summed E-state index contributed by atoms with van der Waals surface area (Å²) in [6.07, 6.45) is 0.733. The predicted molar refractivity (Wildman–Crippen MR) is 94.7 cm³/mol. The first-order valence-electron chi connectivity index (χ1n) is 7.11. The van der Waals surface area contributed by atoms with Crippen molar-refractivity contribution in [2.75, 3.05) is 13.1 Å². The van der Waals surface area contributed by atoms with Gasteiger partial charge in [0.15, 0.2) is 0 Å². The Balaban J connectivity index is 0.00000192. The Bertz CT molecular complexity index is 794. The van der Waals surface area contributed by atoms with E-state index in [9.17, 15) is 13.5 Å². The van der Waals surface area contributed by atoms with Gasteiger partial charge in [-0.25, -0.2) is 13.6 Å². The van der Waals surface area contributed by atoms with E-state index in [-0.39, 0.29) is 33.5 Å². The molecule has 0 amide bonds. The summed E-state index contributed by atoms with van der Waals surface area (Å²) in [5, 5.41) is 18.5. The fraction of sp³-hybridized carbons (Fsp3) is 0.250. The lowest BCUT2D eigenvalue weighted by Crippen LogP contribution is -2.21. The van der Waals surface area contributed by atoms with Gasteiger partial charge in [-0.3, -0.25) is 0 Å². The van der Waals surface area contributed by atoms with Gasteiger partial charge in [-0.05, 0) is 41.8 Å². The number of hydrogen-bond acceptors (Lipinski definition) is 4. The van der Waals surface area contributed by atoms with Crippen molar-refractivity contribution in [3.8, 4) is 5.75 Å². The second-order valence-electron chi connectivity index (χ2n) is 5.48. The van der Waals surface area contributed by atoms with Gasteiger partial charge in [-0.2, -0.15) is 0 Å². The van der Waals surface area contributed by atoms with Gasteiger partial charge in [-0.15, -0.1) is 17.0 Å². The van der Waals surface area contributed by atoms with E-state index in [4.69, 9.17) is 5.14 Å². The first kappa shape index (κ1) is 17.9. The summed E-state index contributed by atoms with van der Waals surface area (Å²) in [6.45, 7) is 1.50. The standard InChI is InChI=1S/C16H18N2O3S.BrH/c17-22(20,21)16-9-13-12(8-15(16)19)6-7-18-10-14(13)11-4-2-1-3-5-11;/h1-5,8-9,14,18-19H,6-7,10H2,(H2,17,20,21);1H. The molecule has 1 aliphatic heterocycles. The number of sulfonamides is 1. The van der Waals surface area contributed by atoms with Crippen LogP contribution in [0.15, 0.2) is 47.4 Å². The Hall–Kier alpha value is -1.41. The van der Waals surface area contributed by atoms with E-state index in [1.54, 1.807) is 0 Å². The molecule has 2 aromatic rings. The van der Waals surface area contributed by atoms with Gasteiger partial charge in [0, 0.05) is 12.5 Å². The van der Waals surface area contributed by atoms with E-state index in [0.717, 1.165) is 29.7 Å². The maximum atomic E-state index is 11.7. The number of fused-ring (bicyclic) bond motifs is 1. The molecule has 4 N–H and O–H groups in total. The average Bonchev–Trinajstić information content (AvgIpc) is 2.68. The van der Waals surface area contributed by atoms with Gasteiger partial charge in [0.2, 0.25) is 10.0 Å². The maximum absolute atomic E-state index is 11.7. The minimum Gasteiger partial charge on any atom is -0.507 e. The van der Waals surface area contributed by atoms with Crippen LogP contribution < -0.4 is 10.5 Å². The quantitative estimate of drug-likeness (QED) is 0.719. The minimum absolute atomic E-state index is 0. The molecule has 2 aromatic carbocycles. The molecule has 3 rings (SSSR count). The van der Waals surface area contributed by atoms with E-state index in [1.165, 1.54) is 12.1 Å². The molecule has 0 bridgehead atoms. The lowest BCUT2D eigenvalue weighted by atomic mass is 9.88. The highest BCUT2D eigenvalue weighted by molar-refractivity contribution is 8.93. The van der Waals surface area contributed by atoms with E-state index in [1.807, 2.05) is 30.3 Å². The molecule has 5 nitrogen and oxygen atoms in total. The molecule has 0 fully saturated rings. The molecule has 0 aliphatic carbocycles. The van der Waals surface area contributed by atoms with Gasteiger partial charge in [0.25, 0.3) is 0 Å². The highest BCUT2D eigenvalue weighted by Gasteiger charge is 2.24. The summed E-state index contributed by atoms with van der Waals surface area (Å²) in [5.41, 5.74) is 2.95. The minimum atomic E-state index is -3.95. The number of primary sulfonamides is 1. The van der Waals surface area contributed by atoms with Crippen LogP contribution in [0.2, 0.25) is 0 Å². The molecule has 124 valence electrons. The monoisotopic (exact) mass is 398 g/mol. The lowest BCUT2D eigenvalue weighted by molar-refractivity contribution is 0.457. The zero-order valence-electron chi connectivity index (χ0n) is 12.4. The number of phenolic OH excluding ortho intramolecular Hbond substituents is 1. The lowest BCUT2D eigenvalue weighted by Gasteiger charge is -2.19. The van der Waals surface area contributed by atoms with Crippen LogP contribution in [-0.2, 0) is 16.4 Å². The third kappa shape index (κ3) is 3.74. The molecule has 0 spiro atoms. The van der Waals surface area contributed by atoms with E-state index < -0.39 is 10.0 Å². The molecule has 0 aromatic heterocycles. The topological polar surface area (TPSA) is 92.4 Å². The molecule has 1 heterocycles. The summed E-state index contributed by atoms with van der Waals surface area (Å²) < 4.78 is 23.3. The number of benzene rings is 2. The largest absolute Gasteiger partial charge is 0.507 e. The second kappa shape index (κ2) is 7.00. The van der Waals surface area contributed by atoms with Gasteiger partial charge < -0.3 is 10.4 Å². The zero-order chi connectivity index (χ0) is 15.7. The number of aromatic hydroxyl groups is 1. The summed E-state index contributed by atoms with van der Waals surface area (Å²) in [6, 6.07) is 12.9. The normalized spacial score (nSPS) is 17.7. The van der Waals surface area contributed by atoms with Gasteiger partial charge >= 0.3 is 0 Å². The van der Waals surface area contributed by atoms with Crippen LogP contribution in [-0.4, -0.2) is 26.6 Å². The number of halogens is 1. The van der Waals surface area contributed by atoms with Crippen molar-refractivity contribution in [3.63, 3.8) is 0 Å². The van der Waals surface area contributed by atoms with Crippen LogP contribution in [0.5, 0.6) is 5.75 Å². The zero-order valence-corrected chi connectivity index (χ0v) is 14.9. The number of nitrogens with one attached hydrogen (secondary N) is 1. The first-order valence-corrected chi connectivity index (χ1v) is 8.65. The van der Waals surface area contributed by atoms with Crippen molar-refractivity contribution in [3.05, 3.63) is 59.2 Å². The van der Waals surface area contributed by atoms with Crippen molar-refractivity contribution in [2.45, 2.75) is 17.2 Å². The predicted octanol–water partition coefficient (Wildman–Crippen LogP) is 1.90. The number of hydrogen-bond donors (Lipinski definition) is 3. The van der Waals surface area contributed by atoms with E-state index >= 15 is 0 Å². The smallest absolute Gasteiger partial charge is 0.241 e. The Morgan fingerprint density at radius 2 is 1.87 bits per heavy atom. The third-order valence-corrected chi connectivity index (χ3v) is 4.96. The fourth-order valence-electron chi connectivity index (χ4n) is 2.96. The van der Waals surface area contributed by atoms with Crippen LogP contribution in [0.3, 0.4) is 0 Å². The number of rotatable bonds is 2. The summed E-state index contributed by atoms with van der Waals surface area (Å²) in [5.74, 6) is -0.255. The second-order valence-corrected chi connectivity index (χ2v) is 7.01. The first-order chi connectivity index (χ1) is 10.5. The summed E-state index contributed by atoms with van der Waals surface area (Å²) in [4.78, 5) is -0.214. The van der Waals surface area contributed by atoms with Crippen LogP contribution >= 0.6 is 17.0 Å². The fourth-order valence-corrected chi connectivity index (χ4v) is 3.60. The summed E-state index contributed by atoms with van der Waals surface area (Å²) >= 11 is 0. The van der Waals surface area contributed by atoms with Crippen LogP contribution in [0.25, 0.3) is 0 Å². The van der Waals surface area contributed by atoms with Crippen molar-refractivity contribution in [2.24, 2.45) is 5.14 Å². The molecule has 1 unspecified atom stereocenters. The Morgan fingerprint density at radius 3 is 2.52 bits per heavy atom. The molecule has 7 heteroatoms. The van der Waals surface area contributed by atoms with Crippen LogP contribution in [0.4, 0.5) is 0 Å². The Kier molecular flexibility index (Phi) is 5.46. The van der Waals surface area contributed by atoms with Crippen LogP contribution in [0, 0.1) is 0 Å². The van der Waals surface area contributed by atoms with Crippen molar-refractivity contribution >= 4 is 27.0 Å².